The van der Waals surface area contributed by atoms with E-state index in [1.807, 2.05) is 0 Å². The van der Waals surface area contributed by atoms with Gasteiger partial charge in [-0.05, 0) is 6.42 Å². The highest BCUT2D eigenvalue weighted by molar-refractivity contribution is 4.70. The summed E-state index contributed by atoms with van der Waals surface area (Å²) < 4.78 is 0. The van der Waals surface area contributed by atoms with E-state index in [9.17, 15) is 5.11 Å². The molecule has 0 radical (unpaired) electrons. The van der Waals surface area contributed by atoms with E-state index in [0.717, 1.165) is 12.8 Å². The molecular weight excluding hydrogens is 214 g/mol. The van der Waals surface area contributed by atoms with Crippen LogP contribution in [0.15, 0.2) is 0 Å². The lowest BCUT2D eigenvalue weighted by molar-refractivity contribution is 0.0990. The van der Waals surface area contributed by atoms with Crippen molar-refractivity contribution < 1.29 is 10.2 Å². The molecule has 0 heterocycles. The molecule has 0 aromatic rings. The number of hydrogen-bond donors (Lipinski definition) is 3. The predicted octanol–water partition coefficient (Wildman–Crippen LogP) is 2.59. The SMILES string of the molecule is CCCCCCCCCCC[C@@H](O)[C@@H](N)CO. The van der Waals surface area contributed by atoms with Crippen molar-refractivity contribution in [3.8, 4) is 0 Å². The summed E-state index contributed by atoms with van der Waals surface area (Å²) in [5.41, 5.74) is 5.53. The second-order valence-electron chi connectivity index (χ2n) is 5.03. The van der Waals surface area contributed by atoms with E-state index < -0.39 is 12.1 Å². The molecule has 0 aliphatic rings. The Morgan fingerprint density at radius 1 is 0.882 bits per heavy atom. The van der Waals surface area contributed by atoms with E-state index in [0.29, 0.717) is 0 Å². The van der Waals surface area contributed by atoms with Gasteiger partial charge in [-0.3, -0.25) is 0 Å². The van der Waals surface area contributed by atoms with E-state index in [4.69, 9.17) is 10.8 Å². The quantitative estimate of drug-likeness (QED) is 0.463. The summed E-state index contributed by atoms with van der Waals surface area (Å²) >= 11 is 0. The molecule has 0 saturated carbocycles. The van der Waals surface area contributed by atoms with E-state index >= 15 is 0 Å². The Kier molecular flexibility index (Phi) is 12.3. The first-order valence-corrected chi connectivity index (χ1v) is 7.26. The summed E-state index contributed by atoms with van der Waals surface area (Å²) in [6, 6.07) is -0.468. The Morgan fingerprint density at radius 2 is 1.35 bits per heavy atom. The van der Waals surface area contributed by atoms with Gasteiger partial charge in [-0.2, -0.15) is 0 Å². The predicted molar refractivity (Wildman–Crippen MR) is 72.9 cm³/mol. The third-order valence-electron chi connectivity index (χ3n) is 3.31. The number of aliphatic hydroxyl groups excluding tert-OH is 2. The average molecular weight is 245 g/mol. The molecule has 0 aliphatic carbocycles. The minimum Gasteiger partial charge on any atom is -0.395 e. The van der Waals surface area contributed by atoms with Crippen LogP contribution in [0.4, 0.5) is 0 Å². The number of aliphatic hydroxyl groups is 2. The smallest absolute Gasteiger partial charge is 0.0713 e. The zero-order chi connectivity index (χ0) is 12.9. The van der Waals surface area contributed by atoms with Crippen molar-refractivity contribution in [1.82, 2.24) is 0 Å². The van der Waals surface area contributed by atoms with Gasteiger partial charge in [0.25, 0.3) is 0 Å². The molecule has 0 aliphatic heterocycles. The molecule has 0 amide bonds. The number of unbranched alkanes of at least 4 members (excludes halogenated alkanes) is 8. The van der Waals surface area contributed by atoms with Crippen molar-refractivity contribution in [3.05, 3.63) is 0 Å². The first kappa shape index (κ1) is 16.9. The van der Waals surface area contributed by atoms with Gasteiger partial charge in [-0.1, -0.05) is 64.7 Å². The van der Waals surface area contributed by atoms with E-state index in [1.165, 1.54) is 51.4 Å². The first-order valence-electron chi connectivity index (χ1n) is 7.26. The third kappa shape index (κ3) is 10.7. The van der Waals surface area contributed by atoms with Crippen LogP contribution in [-0.2, 0) is 0 Å². The van der Waals surface area contributed by atoms with Gasteiger partial charge < -0.3 is 15.9 Å². The maximum absolute atomic E-state index is 9.53. The fourth-order valence-corrected chi connectivity index (χ4v) is 2.00. The molecule has 0 unspecified atom stereocenters. The topological polar surface area (TPSA) is 66.5 Å². The summed E-state index contributed by atoms with van der Waals surface area (Å²) in [6.07, 6.45) is 11.7. The molecule has 0 bridgehead atoms. The molecule has 0 saturated heterocycles. The Labute approximate surface area is 106 Å². The second-order valence-corrected chi connectivity index (χ2v) is 5.03. The lowest BCUT2D eigenvalue weighted by atomic mass is 10.0. The molecule has 104 valence electrons. The standard InChI is InChI=1S/C14H31NO2/c1-2-3-4-5-6-7-8-9-10-11-14(17)13(15)12-16/h13-14,16-17H,2-12,15H2,1H3/t13-,14+/m0/s1. The highest BCUT2D eigenvalue weighted by Crippen LogP contribution is 2.11. The van der Waals surface area contributed by atoms with Crippen LogP contribution in [0.25, 0.3) is 0 Å². The van der Waals surface area contributed by atoms with Crippen LogP contribution < -0.4 is 5.73 Å². The monoisotopic (exact) mass is 245 g/mol. The van der Waals surface area contributed by atoms with Crippen molar-refractivity contribution in [1.29, 1.82) is 0 Å². The van der Waals surface area contributed by atoms with Gasteiger partial charge in [0.05, 0.1) is 18.8 Å². The Balaban J connectivity index is 3.13. The van der Waals surface area contributed by atoms with Gasteiger partial charge in [0, 0.05) is 0 Å². The number of nitrogens with two attached hydrogens (primary N) is 1. The molecular formula is C14H31NO2. The fraction of sp³-hybridized carbons (Fsp3) is 1.00. The van der Waals surface area contributed by atoms with Crippen LogP contribution in [0.5, 0.6) is 0 Å². The lowest BCUT2D eigenvalue weighted by Gasteiger charge is -2.15. The maximum atomic E-state index is 9.53. The van der Waals surface area contributed by atoms with E-state index in [2.05, 4.69) is 6.92 Å². The molecule has 0 spiro atoms. The molecule has 0 aromatic carbocycles. The molecule has 4 N–H and O–H groups in total. The van der Waals surface area contributed by atoms with Gasteiger partial charge >= 0.3 is 0 Å². The molecule has 0 rings (SSSR count). The zero-order valence-corrected chi connectivity index (χ0v) is 11.4. The Bertz CT molecular complexity index is 153. The first-order chi connectivity index (χ1) is 8.22. The average Bonchev–Trinajstić information content (AvgIpc) is 2.35. The largest absolute Gasteiger partial charge is 0.395 e. The minimum absolute atomic E-state index is 0.126. The molecule has 17 heavy (non-hydrogen) atoms. The summed E-state index contributed by atoms with van der Waals surface area (Å²) in [5.74, 6) is 0. The molecule has 3 heteroatoms. The zero-order valence-electron chi connectivity index (χ0n) is 11.4. The van der Waals surface area contributed by atoms with Crippen molar-refractivity contribution in [2.45, 2.75) is 83.3 Å². The summed E-state index contributed by atoms with van der Waals surface area (Å²) in [6.45, 7) is 2.11. The van der Waals surface area contributed by atoms with E-state index in [1.54, 1.807) is 0 Å². The van der Waals surface area contributed by atoms with Crippen molar-refractivity contribution in [3.63, 3.8) is 0 Å². The number of hydrogen-bond acceptors (Lipinski definition) is 3. The van der Waals surface area contributed by atoms with Crippen LogP contribution in [-0.4, -0.2) is 29.0 Å². The fourth-order valence-electron chi connectivity index (χ4n) is 2.00. The number of rotatable bonds is 12. The lowest BCUT2D eigenvalue weighted by Crippen LogP contribution is -2.37. The third-order valence-corrected chi connectivity index (χ3v) is 3.31. The Morgan fingerprint density at radius 3 is 1.82 bits per heavy atom. The van der Waals surface area contributed by atoms with Gasteiger partial charge in [-0.25, -0.2) is 0 Å². The molecule has 0 aromatic heterocycles. The van der Waals surface area contributed by atoms with Gasteiger partial charge in [-0.15, -0.1) is 0 Å². The summed E-state index contributed by atoms with van der Waals surface area (Å²) in [5, 5.41) is 18.3. The van der Waals surface area contributed by atoms with Crippen LogP contribution in [0, 0.1) is 0 Å². The van der Waals surface area contributed by atoms with Crippen LogP contribution in [0.1, 0.15) is 71.1 Å². The Hall–Kier alpha value is -0.120. The summed E-state index contributed by atoms with van der Waals surface area (Å²) in [7, 11) is 0. The molecule has 3 nitrogen and oxygen atoms in total. The summed E-state index contributed by atoms with van der Waals surface area (Å²) in [4.78, 5) is 0. The van der Waals surface area contributed by atoms with Gasteiger partial charge in [0.2, 0.25) is 0 Å². The maximum Gasteiger partial charge on any atom is 0.0713 e. The van der Waals surface area contributed by atoms with Crippen LogP contribution in [0.3, 0.4) is 0 Å². The normalized spacial score (nSPS) is 14.8. The van der Waals surface area contributed by atoms with E-state index in [-0.39, 0.29) is 6.61 Å². The van der Waals surface area contributed by atoms with Crippen LogP contribution >= 0.6 is 0 Å². The van der Waals surface area contributed by atoms with Crippen molar-refractivity contribution >= 4 is 0 Å². The van der Waals surface area contributed by atoms with Crippen LogP contribution in [0.2, 0.25) is 0 Å². The highest BCUT2D eigenvalue weighted by Gasteiger charge is 2.12. The molecule has 2 atom stereocenters. The van der Waals surface area contributed by atoms with Crippen molar-refractivity contribution in [2.24, 2.45) is 5.73 Å². The highest BCUT2D eigenvalue weighted by atomic mass is 16.3. The van der Waals surface area contributed by atoms with Gasteiger partial charge in [0.1, 0.15) is 0 Å². The van der Waals surface area contributed by atoms with Crippen molar-refractivity contribution in [2.75, 3.05) is 6.61 Å². The molecule has 0 fully saturated rings. The second kappa shape index (κ2) is 12.3. The van der Waals surface area contributed by atoms with Gasteiger partial charge in [0.15, 0.2) is 0 Å². The minimum atomic E-state index is -0.537.